The molecule has 0 unspecified atom stereocenters. The minimum Gasteiger partial charge on any atom is -0.462 e. The summed E-state index contributed by atoms with van der Waals surface area (Å²) in [6.07, 6.45) is 0.437. The molecule has 0 spiro atoms. The second-order valence-electron chi connectivity index (χ2n) is 4.02. The summed E-state index contributed by atoms with van der Waals surface area (Å²) in [5.41, 5.74) is -0.823. The van der Waals surface area contributed by atoms with E-state index < -0.39 is 22.3 Å². The van der Waals surface area contributed by atoms with Crippen LogP contribution in [-0.2, 0) is 14.2 Å². The van der Waals surface area contributed by atoms with Gasteiger partial charge < -0.3 is 14.2 Å². The maximum atomic E-state index is 13.4. The number of esters is 1. The van der Waals surface area contributed by atoms with Crippen molar-refractivity contribution in [2.75, 3.05) is 33.5 Å². The molecule has 116 valence electrons. The number of non-ortho nitro benzene ring substituents is 1. The largest absolute Gasteiger partial charge is 0.462 e. The highest BCUT2D eigenvalue weighted by molar-refractivity contribution is 5.90. The molecule has 0 aliphatic carbocycles. The third-order valence-corrected chi connectivity index (χ3v) is 2.48. The van der Waals surface area contributed by atoms with Crippen molar-refractivity contribution in [3.8, 4) is 0 Å². The summed E-state index contributed by atoms with van der Waals surface area (Å²) in [5, 5.41) is 10.6. The fourth-order valence-electron chi connectivity index (χ4n) is 1.43. The van der Waals surface area contributed by atoms with E-state index in [4.69, 9.17) is 14.2 Å². The molecule has 0 fully saturated rings. The fourth-order valence-corrected chi connectivity index (χ4v) is 1.43. The third kappa shape index (κ3) is 5.84. The predicted molar refractivity (Wildman–Crippen MR) is 70.6 cm³/mol. The Morgan fingerprint density at radius 2 is 2.05 bits per heavy atom. The first kappa shape index (κ1) is 17.0. The zero-order valence-corrected chi connectivity index (χ0v) is 11.5. The Labute approximate surface area is 120 Å². The Bertz CT molecular complexity index is 494. The first-order valence-corrected chi connectivity index (χ1v) is 6.24. The third-order valence-electron chi connectivity index (χ3n) is 2.48. The van der Waals surface area contributed by atoms with Gasteiger partial charge in [-0.05, 0) is 6.07 Å². The standard InChI is InChI=1S/C13H16FNO6/c1-19-7-8-20-5-2-6-21-13(16)11-9-10(15(17)18)3-4-12(11)14/h3-4,9H,2,5-8H2,1H3. The van der Waals surface area contributed by atoms with Gasteiger partial charge in [-0.2, -0.15) is 0 Å². The van der Waals surface area contributed by atoms with Crippen LogP contribution in [0.4, 0.5) is 10.1 Å². The summed E-state index contributed by atoms with van der Waals surface area (Å²) < 4.78 is 28.2. The SMILES string of the molecule is COCCOCCCOC(=O)c1cc([N+](=O)[O-])ccc1F. The lowest BCUT2D eigenvalue weighted by Crippen LogP contribution is -2.11. The minimum absolute atomic E-state index is 0.0357. The minimum atomic E-state index is -0.937. The molecule has 0 heterocycles. The van der Waals surface area contributed by atoms with Gasteiger partial charge in [-0.1, -0.05) is 0 Å². The first-order chi connectivity index (χ1) is 10.1. The van der Waals surface area contributed by atoms with Gasteiger partial charge in [0, 0.05) is 32.3 Å². The summed E-state index contributed by atoms with van der Waals surface area (Å²) in [5.74, 6) is -1.80. The summed E-state index contributed by atoms with van der Waals surface area (Å²) >= 11 is 0. The van der Waals surface area contributed by atoms with E-state index in [1.807, 2.05) is 0 Å². The Hall–Kier alpha value is -2.06. The number of rotatable bonds is 9. The van der Waals surface area contributed by atoms with Crippen molar-refractivity contribution in [3.05, 3.63) is 39.7 Å². The fraction of sp³-hybridized carbons (Fsp3) is 0.462. The maximum absolute atomic E-state index is 13.4. The van der Waals surface area contributed by atoms with Crippen molar-refractivity contribution in [2.45, 2.75) is 6.42 Å². The number of halogens is 1. The summed E-state index contributed by atoms with van der Waals surface area (Å²) in [6, 6.07) is 2.70. The molecular weight excluding hydrogens is 285 g/mol. The van der Waals surface area contributed by atoms with Gasteiger partial charge in [-0.3, -0.25) is 10.1 Å². The van der Waals surface area contributed by atoms with E-state index in [-0.39, 0.29) is 12.3 Å². The second kappa shape index (κ2) is 8.98. The molecule has 21 heavy (non-hydrogen) atoms. The number of carbonyl (C=O) groups is 1. The number of ether oxygens (including phenoxy) is 3. The molecular formula is C13H16FNO6. The van der Waals surface area contributed by atoms with Crippen LogP contribution in [0, 0.1) is 15.9 Å². The van der Waals surface area contributed by atoms with Gasteiger partial charge in [0.15, 0.2) is 0 Å². The van der Waals surface area contributed by atoms with E-state index in [0.717, 1.165) is 18.2 Å². The van der Waals surface area contributed by atoms with Crippen molar-refractivity contribution in [1.82, 2.24) is 0 Å². The van der Waals surface area contributed by atoms with Crippen molar-refractivity contribution < 1.29 is 28.3 Å². The Kier molecular flexibility index (Phi) is 7.27. The number of nitro benzene ring substituents is 1. The molecule has 0 atom stereocenters. The van der Waals surface area contributed by atoms with Crippen LogP contribution in [0.1, 0.15) is 16.8 Å². The molecule has 1 aromatic rings. The highest BCUT2D eigenvalue weighted by Gasteiger charge is 2.17. The average molecular weight is 301 g/mol. The quantitative estimate of drug-likeness (QED) is 0.300. The maximum Gasteiger partial charge on any atom is 0.341 e. The Balaban J connectivity index is 2.41. The molecule has 0 amide bonds. The molecule has 0 aromatic heterocycles. The number of carbonyl (C=O) groups excluding carboxylic acids is 1. The predicted octanol–water partition coefficient (Wildman–Crippen LogP) is 1.94. The van der Waals surface area contributed by atoms with Gasteiger partial charge >= 0.3 is 5.97 Å². The smallest absolute Gasteiger partial charge is 0.341 e. The number of hydrogen-bond acceptors (Lipinski definition) is 6. The average Bonchev–Trinajstić information content (AvgIpc) is 2.46. The normalized spacial score (nSPS) is 10.4. The number of hydrogen-bond donors (Lipinski definition) is 0. The number of benzene rings is 1. The van der Waals surface area contributed by atoms with E-state index in [9.17, 15) is 19.3 Å². The van der Waals surface area contributed by atoms with Crippen LogP contribution in [-0.4, -0.2) is 44.4 Å². The highest BCUT2D eigenvalue weighted by atomic mass is 19.1. The van der Waals surface area contributed by atoms with Crippen LogP contribution in [0.2, 0.25) is 0 Å². The highest BCUT2D eigenvalue weighted by Crippen LogP contribution is 2.17. The van der Waals surface area contributed by atoms with E-state index in [0.29, 0.717) is 26.2 Å². The lowest BCUT2D eigenvalue weighted by atomic mass is 10.2. The zero-order valence-electron chi connectivity index (χ0n) is 11.5. The Morgan fingerprint density at radius 1 is 1.29 bits per heavy atom. The van der Waals surface area contributed by atoms with Crippen LogP contribution < -0.4 is 0 Å². The van der Waals surface area contributed by atoms with E-state index >= 15 is 0 Å². The molecule has 1 aromatic carbocycles. The zero-order chi connectivity index (χ0) is 15.7. The van der Waals surface area contributed by atoms with E-state index in [2.05, 4.69) is 0 Å². The van der Waals surface area contributed by atoms with Crippen LogP contribution in [0.3, 0.4) is 0 Å². The monoisotopic (exact) mass is 301 g/mol. The molecule has 0 aliphatic rings. The second-order valence-corrected chi connectivity index (χ2v) is 4.02. The van der Waals surface area contributed by atoms with Gasteiger partial charge in [0.2, 0.25) is 0 Å². The van der Waals surface area contributed by atoms with Gasteiger partial charge in [0.25, 0.3) is 5.69 Å². The molecule has 0 radical (unpaired) electrons. The van der Waals surface area contributed by atoms with Gasteiger partial charge in [-0.15, -0.1) is 0 Å². The molecule has 0 aliphatic heterocycles. The van der Waals surface area contributed by atoms with Crippen LogP contribution in [0.25, 0.3) is 0 Å². The lowest BCUT2D eigenvalue weighted by molar-refractivity contribution is -0.384. The van der Waals surface area contributed by atoms with Crippen LogP contribution in [0.5, 0.6) is 0 Å². The summed E-state index contributed by atoms with van der Waals surface area (Å²) in [7, 11) is 1.55. The Morgan fingerprint density at radius 3 is 2.71 bits per heavy atom. The van der Waals surface area contributed by atoms with Crippen molar-refractivity contribution in [1.29, 1.82) is 0 Å². The van der Waals surface area contributed by atoms with Crippen LogP contribution >= 0.6 is 0 Å². The molecule has 1 rings (SSSR count). The molecule has 0 N–H and O–H groups in total. The number of nitro groups is 1. The number of nitrogens with zero attached hydrogens (tertiary/aromatic N) is 1. The first-order valence-electron chi connectivity index (χ1n) is 6.24. The van der Waals surface area contributed by atoms with Crippen molar-refractivity contribution in [2.24, 2.45) is 0 Å². The molecule has 0 saturated carbocycles. The van der Waals surface area contributed by atoms with Crippen LogP contribution in [0.15, 0.2) is 18.2 Å². The van der Waals surface area contributed by atoms with Gasteiger partial charge in [-0.25, -0.2) is 9.18 Å². The lowest BCUT2D eigenvalue weighted by Gasteiger charge is -2.06. The summed E-state index contributed by atoms with van der Waals surface area (Å²) in [4.78, 5) is 21.5. The summed E-state index contributed by atoms with van der Waals surface area (Å²) in [6.45, 7) is 1.31. The van der Waals surface area contributed by atoms with Crippen molar-refractivity contribution >= 4 is 11.7 Å². The van der Waals surface area contributed by atoms with Gasteiger partial charge in [0.1, 0.15) is 11.4 Å². The number of methoxy groups -OCH3 is 1. The molecule has 7 nitrogen and oxygen atoms in total. The molecule has 0 saturated heterocycles. The molecule has 0 bridgehead atoms. The van der Waals surface area contributed by atoms with E-state index in [1.165, 1.54) is 0 Å². The van der Waals surface area contributed by atoms with E-state index in [1.54, 1.807) is 7.11 Å². The van der Waals surface area contributed by atoms with Crippen molar-refractivity contribution in [3.63, 3.8) is 0 Å². The topological polar surface area (TPSA) is 87.9 Å². The van der Waals surface area contributed by atoms with Gasteiger partial charge in [0.05, 0.1) is 24.7 Å². The molecule has 8 heteroatoms.